The second kappa shape index (κ2) is 8.78. The first kappa shape index (κ1) is 16.9. The van der Waals surface area contributed by atoms with Gasteiger partial charge in [-0.05, 0) is 37.7 Å². The summed E-state index contributed by atoms with van der Waals surface area (Å²) in [6.07, 6.45) is 5.96. The smallest absolute Gasteiger partial charge is 0.0916 e. The van der Waals surface area contributed by atoms with Crippen LogP contribution in [-0.2, 0) is 9.47 Å². The zero-order valence-corrected chi connectivity index (χ0v) is 13.9. The van der Waals surface area contributed by atoms with Gasteiger partial charge in [-0.15, -0.1) is 0 Å². The number of likely N-dealkylation sites (tertiary alicyclic amines) is 1. The third-order valence-electron chi connectivity index (χ3n) is 4.94. The molecule has 2 aliphatic heterocycles. The third-order valence-corrected chi connectivity index (χ3v) is 4.94. The van der Waals surface area contributed by atoms with E-state index in [1.807, 2.05) is 30.3 Å². The van der Waals surface area contributed by atoms with Crippen LogP contribution in [0.2, 0.25) is 0 Å². The topological polar surface area (TPSA) is 41.9 Å². The van der Waals surface area contributed by atoms with Gasteiger partial charge in [-0.3, -0.25) is 0 Å². The summed E-state index contributed by atoms with van der Waals surface area (Å²) in [7, 11) is 0. The molecule has 0 radical (unpaired) electrons. The van der Waals surface area contributed by atoms with Gasteiger partial charge < -0.3 is 19.5 Å². The van der Waals surface area contributed by atoms with Crippen LogP contribution in [-0.4, -0.2) is 55.1 Å². The Kier molecular flexibility index (Phi) is 6.46. The Balaban J connectivity index is 1.35. The lowest BCUT2D eigenvalue weighted by atomic mass is 10.0. The molecule has 0 saturated carbocycles. The van der Waals surface area contributed by atoms with Crippen molar-refractivity contribution in [3.8, 4) is 0 Å². The molecular formula is C19H29NO3. The van der Waals surface area contributed by atoms with Crippen LogP contribution < -0.4 is 0 Å². The summed E-state index contributed by atoms with van der Waals surface area (Å²) in [6.45, 7) is 4.35. The molecule has 128 valence electrons. The monoisotopic (exact) mass is 319 g/mol. The van der Waals surface area contributed by atoms with Gasteiger partial charge in [-0.1, -0.05) is 30.3 Å². The highest BCUT2D eigenvalue weighted by Gasteiger charge is 2.23. The van der Waals surface area contributed by atoms with Gasteiger partial charge in [-0.2, -0.15) is 0 Å². The van der Waals surface area contributed by atoms with Crippen molar-refractivity contribution in [2.75, 3.05) is 32.8 Å². The van der Waals surface area contributed by atoms with E-state index < -0.39 is 6.10 Å². The fourth-order valence-electron chi connectivity index (χ4n) is 3.47. The number of ether oxygens (including phenoxy) is 2. The minimum absolute atomic E-state index is 0.307. The zero-order valence-electron chi connectivity index (χ0n) is 13.9. The fraction of sp³-hybridized carbons (Fsp3) is 0.684. The van der Waals surface area contributed by atoms with E-state index in [1.54, 1.807) is 0 Å². The lowest BCUT2D eigenvalue weighted by Crippen LogP contribution is -2.40. The van der Waals surface area contributed by atoms with Crippen LogP contribution in [0.4, 0.5) is 0 Å². The van der Waals surface area contributed by atoms with Crippen molar-refractivity contribution in [2.24, 2.45) is 0 Å². The van der Waals surface area contributed by atoms with Crippen molar-refractivity contribution in [1.29, 1.82) is 0 Å². The summed E-state index contributed by atoms with van der Waals surface area (Å²) in [5.74, 6) is 0. The number of nitrogens with zero attached hydrogens (tertiary/aromatic N) is 1. The van der Waals surface area contributed by atoms with Gasteiger partial charge >= 0.3 is 0 Å². The maximum Gasteiger partial charge on any atom is 0.0916 e. The number of benzene rings is 1. The molecule has 2 aliphatic rings. The number of piperidine rings is 1. The molecule has 3 rings (SSSR count). The summed E-state index contributed by atoms with van der Waals surface area (Å²) in [5.41, 5.74) is 1.00. The predicted octanol–water partition coefficient (Wildman–Crippen LogP) is 2.77. The van der Waals surface area contributed by atoms with Gasteiger partial charge in [-0.25, -0.2) is 0 Å². The fourth-order valence-corrected chi connectivity index (χ4v) is 3.47. The molecule has 4 nitrogen and oxygen atoms in total. The second-order valence-corrected chi connectivity index (χ2v) is 6.75. The molecule has 1 N–H and O–H groups in total. The van der Waals surface area contributed by atoms with Crippen LogP contribution in [0.3, 0.4) is 0 Å². The maximum absolute atomic E-state index is 10.3. The summed E-state index contributed by atoms with van der Waals surface area (Å²) in [5, 5.41) is 10.3. The van der Waals surface area contributed by atoms with E-state index in [0.29, 0.717) is 18.8 Å². The molecule has 0 amide bonds. The van der Waals surface area contributed by atoms with E-state index in [2.05, 4.69) is 4.90 Å². The summed E-state index contributed by atoms with van der Waals surface area (Å²) in [6, 6.07) is 9.92. The standard InChI is InChI=1S/C19H29NO3/c21-19(16-6-2-1-3-7-16)14-20-11-9-17(10-12-20)23-15-18-8-4-5-13-22-18/h1-3,6-7,17-19,21H,4-5,8-15H2/t18-,19+/m0/s1. The lowest BCUT2D eigenvalue weighted by Gasteiger charge is -2.34. The highest BCUT2D eigenvalue weighted by molar-refractivity contribution is 5.17. The molecule has 23 heavy (non-hydrogen) atoms. The molecule has 2 atom stereocenters. The van der Waals surface area contributed by atoms with Gasteiger partial charge in [0.25, 0.3) is 0 Å². The number of β-amino-alcohol motifs (C(OH)–C–C–N with tert-alkyl or cyclic N) is 1. The first-order valence-corrected chi connectivity index (χ1v) is 9.00. The SMILES string of the molecule is O[C@H](CN1CCC(OC[C@@H]2CCCCO2)CC1)c1ccccc1. The Morgan fingerprint density at radius 2 is 1.91 bits per heavy atom. The molecule has 0 aliphatic carbocycles. The predicted molar refractivity (Wildman–Crippen MR) is 90.4 cm³/mol. The molecule has 0 spiro atoms. The minimum Gasteiger partial charge on any atom is -0.387 e. The average molecular weight is 319 g/mol. The highest BCUT2D eigenvalue weighted by Crippen LogP contribution is 2.20. The number of hydrogen-bond acceptors (Lipinski definition) is 4. The van der Waals surface area contributed by atoms with Crippen LogP contribution >= 0.6 is 0 Å². The lowest BCUT2D eigenvalue weighted by molar-refractivity contribution is -0.0764. The summed E-state index contributed by atoms with van der Waals surface area (Å²) in [4.78, 5) is 2.34. The van der Waals surface area contributed by atoms with Gasteiger partial charge in [0.1, 0.15) is 0 Å². The molecule has 1 aromatic carbocycles. The number of rotatable bonds is 6. The van der Waals surface area contributed by atoms with Gasteiger partial charge in [0.15, 0.2) is 0 Å². The molecule has 4 heteroatoms. The van der Waals surface area contributed by atoms with Crippen LogP contribution in [0, 0.1) is 0 Å². The Morgan fingerprint density at radius 3 is 2.61 bits per heavy atom. The number of hydrogen-bond donors (Lipinski definition) is 1. The Labute approximate surface area is 139 Å². The summed E-state index contributed by atoms with van der Waals surface area (Å²) < 4.78 is 11.8. The first-order chi connectivity index (χ1) is 11.3. The van der Waals surface area contributed by atoms with Crippen LogP contribution in [0.15, 0.2) is 30.3 Å². The van der Waals surface area contributed by atoms with Crippen molar-refractivity contribution >= 4 is 0 Å². The summed E-state index contributed by atoms with van der Waals surface area (Å²) >= 11 is 0. The van der Waals surface area contributed by atoms with Gasteiger partial charge in [0.2, 0.25) is 0 Å². The molecule has 2 heterocycles. The Hall–Kier alpha value is -0.940. The van der Waals surface area contributed by atoms with E-state index in [9.17, 15) is 5.11 Å². The van der Waals surface area contributed by atoms with E-state index >= 15 is 0 Å². The number of aliphatic hydroxyl groups excluding tert-OH is 1. The maximum atomic E-state index is 10.3. The quantitative estimate of drug-likeness (QED) is 0.875. The van der Waals surface area contributed by atoms with E-state index in [0.717, 1.165) is 51.1 Å². The number of aliphatic hydroxyl groups is 1. The highest BCUT2D eigenvalue weighted by atomic mass is 16.5. The second-order valence-electron chi connectivity index (χ2n) is 6.75. The zero-order chi connectivity index (χ0) is 15.9. The van der Waals surface area contributed by atoms with Crippen molar-refractivity contribution in [3.63, 3.8) is 0 Å². The molecule has 0 aromatic heterocycles. The van der Waals surface area contributed by atoms with Gasteiger partial charge in [0, 0.05) is 26.2 Å². The Bertz CT molecular complexity index is 439. The molecular weight excluding hydrogens is 290 g/mol. The normalized spacial score (nSPS) is 25.3. The largest absolute Gasteiger partial charge is 0.387 e. The van der Waals surface area contributed by atoms with Crippen LogP contribution in [0.5, 0.6) is 0 Å². The minimum atomic E-state index is -0.399. The van der Waals surface area contributed by atoms with Gasteiger partial charge in [0.05, 0.1) is 24.9 Å². The van der Waals surface area contributed by atoms with Crippen molar-refractivity contribution < 1.29 is 14.6 Å². The molecule has 0 unspecified atom stereocenters. The van der Waals surface area contributed by atoms with E-state index in [1.165, 1.54) is 12.8 Å². The van der Waals surface area contributed by atoms with Crippen molar-refractivity contribution in [3.05, 3.63) is 35.9 Å². The van der Waals surface area contributed by atoms with Crippen molar-refractivity contribution in [2.45, 2.75) is 50.4 Å². The third kappa shape index (κ3) is 5.28. The molecule has 0 bridgehead atoms. The Morgan fingerprint density at radius 1 is 1.13 bits per heavy atom. The van der Waals surface area contributed by atoms with Crippen molar-refractivity contribution in [1.82, 2.24) is 4.90 Å². The molecule has 1 aromatic rings. The van der Waals surface area contributed by atoms with Crippen LogP contribution in [0.1, 0.15) is 43.8 Å². The average Bonchev–Trinajstić information content (AvgIpc) is 2.63. The molecule has 2 saturated heterocycles. The van der Waals surface area contributed by atoms with E-state index in [4.69, 9.17) is 9.47 Å². The first-order valence-electron chi connectivity index (χ1n) is 9.00. The molecule has 2 fully saturated rings. The van der Waals surface area contributed by atoms with E-state index in [-0.39, 0.29) is 0 Å². The van der Waals surface area contributed by atoms with Crippen LogP contribution in [0.25, 0.3) is 0 Å².